The molecule has 0 saturated carbocycles. The van der Waals surface area contributed by atoms with E-state index >= 15 is 0 Å². The number of rotatable bonds is 3. The molecule has 1 aliphatic heterocycles. The van der Waals surface area contributed by atoms with Crippen LogP contribution in [0.2, 0.25) is 0 Å². The van der Waals surface area contributed by atoms with Crippen LogP contribution in [0.1, 0.15) is 12.2 Å². The molecule has 5 nitrogen and oxygen atoms in total. The minimum absolute atomic E-state index is 0.249. The maximum atomic E-state index is 10.7. The third-order valence-electron chi connectivity index (χ3n) is 2.03. The van der Waals surface area contributed by atoms with Gasteiger partial charge in [0.05, 0.1) is 19.5 Å². The molecule has 1 fully saturated rings. The van der Waals surface area contributed by atoms with E-state index in [1.165, 1.54) is 6.26 Å². The van der Waals surface area contributed by atoms with Gasteiger partial charge in [0.15, 0.2) is 5.76 Å². The highest BCUT2D eigenvalue weighted by molar-refractivity contribution is 5.68. The average molecular weight is 198 g/mol. The molecule has 2 heterocycles. The molecule has 1 aromatic rings. The standard InChI is InChI=1S/C9H10O5/c10-8(11)6-9(13-4-5-14-9)7-2-1-3-12-7/h1-3H,4-6H2,(H,10,11). The number of carboxylic acids is 1. The molecule has 0 bridgehead atoms. The molecule has 5 heteroatoms. The van der Waals surface area contributed by atoms with Gasteiger partial charge in [-0.3, -0.25) is 4.79 Å². The lowest BCUT2D eigenvalue weighted by Gasteiger charge is -2.22. The fourth-order valence-electron chi connectivity index (χ4n) is 1.48. The molecule has 1 saturated heterocycles. The van der Waals surface area contributed by atoms with Gasteiger partial charge in [0.1, 0.15) is 6.42 Å². The van der Waals surface area contributed by atoms with Gasteiger partial charge in [-0.05, 0) is 12.1 Å². The summed E-state index contributed by atoms with van der Waals surface area (Å²) in [5.74, 6) is -1.81. The fraction of sp³-hybridized carbons (Fsp3) is 0.444. The predicted octanol–water partition coefficient (Wildman–Crippen LogP) is 0.954. The molecule has 1 aliphatic rings. The van der Waals surface area contributed by atoms with Crippen LogP contribution in [-0.4, -0.2) is 24.3 Å². The summed E-state index contributed by atoms with van der Waals surface area (Å²) in [6.45, 7) is 0.766. The summed E-state index contributed by atoms with van der Waals surface area (Å²) in [4.78, 5) is 10.7. The zero-order valence-corrected chi connectivity index (χ0v) is 7.43. The number of carbonyl (C=O) groups is 1. The maximum absolute atomic E-state index is 10.7. The second kappa shape index (κ2) is 3.43. The fourth-order valence-corrected chi connectivity index (χ4v) is 1.48. The van der Waals surface area contributed by atoms with Crippen molar-refractivity contribution in [2.24, 2.45) is 0 Å². The zero-order chi connectivity index (χ0) is 10.0. The van der Waals surface area contributed by atoms with Crippen molar-refractivity contribution in [2.75, 3.05) is 13.2 Å². The maximum Gasteiger partial charge on any atom is 0.309 e. The van der Waals surface area contributed by atoms with Gasteiger partial charge in [-0.1, -0.05) is 0 Å². The van der Waals surface area contributed by atoms with Crippen molar-refractivity contribution in [3.63, 3.8) is 0 Å². The van der Waals surface area contributed by atoms with E-state index in [1.54, 1.807) is 12.1 Å². The van der Waals surface area contributed by atoms with Gasteiger partial charge in [-0.2, -0.15) is 0 Å². The monoisotopic (exact) mass is 198 g/mol. The molecule has 0 unspecified atom stereocenters. The Balaban J connectivity index is 2.26. The summed E-state index contributed by atoms with van der Waals surface area (Å²) >= 11 is 0. The second-order valence-electron chi connectivity index (χ2n) is 3.00. The SMILES string of the molecule is O=C(O)CC1(c2ccco2)OCCO1. The van der Waals surface area contributed by atoms with E-state index in [0.717, 1.165) is 0 Å². The molecule has 1 aromatic heterocycles. The number of carboxylic acid groups (broad SMARTS) is 1. The molecule has 0 radical (unpaired) electrons. The highest BCUT2D eigenvalue weighted by atomic mass is 16.7. The minimum atomic E-state index is -1.23. The lowest BCUT2D eigenvalue weighted by Crippen LogP contribution is -2.29. The molecule has 14 heavy (non-hydrogen) atoms. The molecular formula is C9H10O5. The van der Waals surface area contributed by atoms with E-state index in [9.17, 15) is 4.79 Å². The Morgan fingerprint density at radius 2 is 2.21 bits per heavy atom. The first-order valence-corrected chi connectivity index (χ1v) is 4.27. The normalized spacial score (nSPS) is 19.7. The smallest absolute Gasteiger partial charge is 0.309 e. The first-order chi connectivity index (χ1) is 6.73. The number of aliphatic carboxylic acids is 1. The highest BCUT2D eigenvalue weighted by Gasteiger charge is 2.43. The van der Waals surface area contributed by atoms with Crippen LogP contribution in [0.15, 0.2) is 22.8 Å². The molecule has 0 amide bonds. The Kier molecular flexibility index (Phi) is 2.26. The highest BCUT2D eigenvalue weighted by Crippen LogP contribution is 2.34. The molecule has 0 aliphatic carbocycles. The lowest BCUT2D eigenvalue weighted by molar-refractivity contribution is -0.193. The number of hydrogen-bond donors (Lipinski definition) is 1. The topological polar surface area (TPSA) is 68.9 Å². The van der Waals surface area contributed by atoms with Crippen LogP contribution in [0.4, 0.5) is 0 Å². The van der Waals surface area contributed by atoms with Crippen LogP contribution in [0, 0.1) is 0 Å². The molecule has 1 N–H and O–H groups in total. The first kappa shape index (κ1) is 9.23. The van der Waals surface area contributed by atoms with Gasteiger partial charge in [0, 0.05) is 0 Å². The van der Waals surface area contributed by atoms with Gasteiger partial charge in [0.25, 0.3) is 0 Å². The van der Waals surface area contributed by atoms with Crippen molar-refractivity contribution >= 4 is 5.97 Å². The summed E-state index contributed by atoms with van der Waals surface area (Å²) in [7, 11) is 0. The van der Waals surface area contributed by atoms with Crippen LogP contribution in [0.25, 0.3) is 0 Å². The zero-order valence-electron chi connectivity index (χ0n) is 7.43. The van der Waals surface area contributed by atoms with Crippen LogP contribution >= 0.6 is 0 Å². The van der Waals surface area contributed by atoms with E-state index in [0.29, 0.717) is 19.0 Å². The van der Waals surface area contributed by atoms with Crippen LogP contribution in [0.3, 0.4) is 0 Å². The molecule has 0 atom stereocenters. The van der Waals surface area contributed by atoms with E-state index in [1.807, 2.05) is 0 Å². The quantitative estimate of drug-likeness (QED) is 0.783. The Morgan fingerprint density at radius 3 is 2.71 bits per heavy atom. The average Bonchev–Trinajstić information content (AvgIpc) is 2.69. The molecular weight excluding hydrogens is 188 g/mol. The summed E-state index contributed by atoms with van der Waals surface area (Å²) in [6, 6.07) is 3.32. The van der Waals surface area contributed by atoms with E-state index in [4.69, 9.17) is 19.0 Å². The van der Waals surface area contributed by atoms with Crippen LogP contribution in [-0.2, 0) is 20.1 Å². The van der Waals surface area contributed by atoms with Crippen molar-refractivity contribution in [2.45, 2.75) is 12.2 Å². The molecule has 0 spiro atoms. The summed E-state index contributed by atoms with van der Waals surface area (Å²) < 4.78 is 15.7. The predicted molar refractivity (Wildman–Crippen MR) is 44.5 cm³/mol. The number of furan rings is 1. The lowest BCUT2D eigenvalue weighted by atomic mass is 10.1. The Hall–Kier alpha value is -1.33. The van der Waals surface area contributed by atoms with Gasteiger partial charge in [0.2, 0.25) is 5.79 Å². The minimum Gasteiger partial charge on any atom is -0.481 e. The third kappa shape index (κ3) is 1.51. The van der Waals surface area contributed by atoms with Crippen molar-refractivity contribution in [1.82, 2.24) is 0 Å². The van der Waals surface area contributed by atoms with E-state index in [-0.39, 0.29) is 6.42 Å². The van der Waals surface area contributed by atoms with E-state index < -0.39 is 11.8 Å². The summed E-state index contributed by atoms with van der Waals surface area (Å²) in [5, 5.41) is 8.74. The van der Waals surface area contributed by atoms with Crippen molar-refractivity contribution < 1.29 is 23.8 Å². The van der Waals surface area contributed by atoms with Crippen LogP contribution < -0.4 is 0 Å². The van der Waals surface area contributed by atoms with Gasteiger partial charge in [-0.25, -0.2) is 0 Å². The summed E-state index contributed by atoms with van der Waals surface area (Å²) in [5.41, 5.74) is 0. The van der Waals surface area contributed by atoms with Crippen molar-refractivity contribution in [3.05, 3.63) is 24.2 Å². The largest absolute Gasteiger partial charge is 0.481 e. The van der Waals surface area contributed by atoms with Gasteiger partial charge in [-0.15, -0.1) is 0 Å². The Morgan fingerprint density at radius 1 is 1.50 bits per heavy atom. The summed E-state index contributed by atoms with van der Waals surface area (Å²) in [6.07, 6.45) is 1.21. The second-order valence-corrected chi connectivity index (χ2v) is 3.00. The molecule has 0 aromatic carbocycles. The molecule has 2 rings (SSSR count). The van der Waals surface area contributed by atoms with Crippen molar-refractivity contribution in [1.29, 1.82) is 0 Å². The number of ether oxygens (including phenoxy) is 2. The Bertz CT molecular complexity index is 310. The third-order valence-corrected chi connectivity index (χ3v) is 2.03. The first-order valence-electron chi connectivity index (χ1n) is 4.27. The molecule has 76 valence electrons. The van der Waals surface area contributed by atoms with Crippen LogP contribution in [0.5, 0.6) is 0 Å². The van der Waals surface area contributed by atoms with Gasteiger partial charge >= 0.3 is 5.97 Å². The number of hydrogen-bond acceptors (Lipinski definition) is 4. The van der Waals surface area contributed by atoms with E-state index in [2.05, 4.69) is 0 Å². The van der Waals surface area contributed by atoms with Gasteiger partial charge < -0.3 is 19.0 Å². The van der Waals surface area contributed by atoms with Crippen molar-refractivity contribution in [3.8, 4) is 0 Å². The Labute approximate surface area is 80.2 Å².